The molecule has 3 unspecified atom stereocenters. The molecule has 0 saturated carbocycles. The fraction of sp³-hybridized carbons (Fsp3) is 0.542. The van der Waals surface area contributed by atoms with Gasteiger partial charge in [-0.25, -0.2) is 14.4 Å². The van der Waals surface area contributed by atoms with Gasteiger partial charge in [0.25, 0.3) is 5.91 Å². The van der Waals surface area contributed by atoms with E-state index in [4.69, 9.17) is 4.74 Å². The fourth-order valence-corrected chi connectivity index (χ4v) is 4.72. The van der Waals surface area contributed by atoms with E-state index in [1.807, 2.05) is 0 Å². The number of carbonyl (C=O) groups excluding carboxylic acids is 1. The predicted molar refractivity (Wildman–Crippen MR) is 118 cm³/mol. The average molecular weight is 481 g/mol. The largest absolute Gasteiger partial charge is 0.416 e. The summed E-state index contributed by atoms with van der Waals surface area (Å²) < 4.78 is 60.0. The number of likely N-dealkylation sites (N-methyl/N-ethyl adjacent to an activating group) is 1. The summed E-state index contributed by atoms with van der Waals surface area (Å²) in [6.45, 7) is 0.555. The minimum Gasteiger partial charge on any atom is -0.365 e. The monoisotopic (exact) mass is 480 g/mol. The van der Waals surface area contributed by atoms with Gasteiger partial charge >= 0.3 is 6.18 Å². The molecule has 0 N–H and O–H groups in total. The van der Waals surface area contributed by atoms with Crippen molar-refractivity contribution in [1.82, 2.24) is 14.9 Å². The number of aryl methyl sites for hydroxylation is 1. The maximum Gasteiger partial charge on any atom is 0.416 e. The van der Waals surface area contributed by atoms with Gasteiger partial charge in [0.2, 0.25) is 0 Å². The van der Waals surface area contributed by atoms with Crippen LogP contribution in [0.3, 0.4) is 0 Å². The van der Waals surface area contributed by atoms with Crippen LogP contribution in [0.25, 0.3) is 0 Å². The highest BCUT2D eigenvalue weighted by molar-refractivity contribution is 5.80. The van der Waals surface area contributed by atoms with Gasteiger partial charge in [-0.1, -0.05) is 12.1 Å². The van der Waals surface area contributed by atoms with Gasteiger partial charge < -0.3 is 14.5 Å². The third-order valence-corrected chi connectivity index (χ3v) is 6.52. The van der Waals surface area contributed by atoms with Gasteiger partial charge in [0, 0.05) is 20.6 Å². The van der Waals surface area contributed by atoms with Gasteiger partial charge in [-0.2, -0.15) is 13.2 Å². The molecule has 3 heterocycles. The number of amides is 1. The number of nitrogens with zero attached hydrogens (tertiary/aromatic N) is 4. The number of hydrogen-bond donors (Lipinski definition) is 0. The molecule has 0 radical (unpaired) electrons. The lowest BCUT2D eigenvalue weighted by Gasteiger charge is -2.27. The second-order valence-corrected chi connectivity index (χ2v) is 9.02. The molecule has 4 rings (SSSR count). The number of anilines is 1. The normalized spacial score (nSPS) is 22.9. The predicted octanol–water partition coefficient (Wildman–Crippen LogP) is 4.54. The van der Waals surface area contributed by atoms with Crippen molar-refractivity contribution in [3.63, 3.8) is 0 Å². The summed E-state index contributed by atoms with van der Waals surface area (Å²) in [5, 5.41) is 0. The molecule has 2 saturated heterocycles. The molecule has 0 spiro atoms. The summed E-state index contributed by atoms with van der Waals surface area (Å²) >= 11 is 0. The Morgan fingerprint density at radius 1 is 1.15 bits per heavy atom. The molecule has 1 aromatic carbocycles. The van der Waals surface area contributed by atoms with Crippen LogP contribution in [0.15, 0.2) is 30.6 Å². The Bertz CT molecular complexity index is 1010. The zero-order chi connectivity index (χ0) is 24.5. The molecule has 3 atom stereocenters. The maximum absolute atomic E-state index is 15.4. The van der Waals surface area contributed by atoms with Gasteiger partial charge in [-0.05, 0) is 56.2 Å². The van der Waals surface area contributed by atoms with E-state index < -0.39 is 23.7 Å². The molecule has 0 bridgehead atoms. The molecule has 2 fully saturated rings. The van der Waals surface area contributed by atoms with Crippen molar-refractivity contribution in [3.05, 3.63) is 53.2 Å². The van der Waals surface area contributed by atoms with Crippen molar-refractivity contribution >= 4 is 11.7 Å². The standard InChI is InChI=1S/C24H28F4N4O2/c1-31(2)23(33)20-12-10-17(34-20)9-11-18-21(25)22(30-14-29-18)32-13-3-4-19(32)15-5-7-16(8-6-15)24(26,27)28/h5-8,14,17,19-20H,3-4,9-13H2,1-2H3. The Kier molecular flexibility index (Phi) is 7.06. The third-order valence-electron chi connectivity index (χ3n) is 6.52. The third kappa shape index (κ3) is 5.16. The van der Waals surface area contributed by atoms with Crippen molar-refractivity contribution in [2.45, 2.75) is 63.0 Å². The molecule has 0 aliphatic carbocycles. The first kappa shape index (κ1) is 24.4. The van der Waals surface area contributed by atoms with Crippen LogP contribution < -0.4 is 4.90 Å². The van der Waals surface area contributed by atoms with Crippen molar-refractivity contribution in [1.29, 1.82) is 0 Å². The first-order valence-corrected chi connectivity index (χ1v) is 11.4. The second-order valence-electron chi connectivity index (χ2n) is 9.02. The number of ether oxygens (including phenoxy) is 1. The summed E-state index contributed by atoms with van der Waals surface area (Å²) in [6, 6.07) is 4.77. The maximum atomic E-state index is 15.4. The molecule has 10 heteroatoms. The quantitative estimate of drug-likeness (QED) is 0.568. The van der Waals surface area contributed by atoms with Crippen LogP contribution in [0.1, 0.15) is 55.0 Å². The van der Waals surface area contributed by atoms with Gasteiger partial charge in [0.05, 0.1) is 23.4 Å². The Balaban J connectivity index is 1.44. The zero-order valence-electron chi connectivity index (χ0n) is 19.2. The number of halogens is 4. The summed E-state index contributed by atoms with van der Waals surface area (Å²) in [4.78, 5) is 23.7. The minimum atomic E-state index is -4.40. The highest BCUT2D eigenvalue weighted by Crippen LogP contribution is 2.38. The molecular weight excluding hydrogens is 452 g/mol. The van der Waals surface area contributed by atoms with Crippen LogP contribution in [0.4, 0.5) is 23.4 Å². The molecule has 2 aliphatic heterocycles. The van der Waals surface area contributed by atoms with Crippen molar-refractivity contribution in [2.75, 3.05) is 25.5 Å². The lowest BCUT2D eigenvalue weighted by molar-refractivity contribution is -0.140. The van der Waals surface area contributed by atoms with E-state index in [0.717, 1.165) is 25.0 Å². The first-order chi connectivity index (χ1) is 16.1. The van der Waals surface area contributed by atoms with E-state index in [0.29, 0.717) is 37.8 Å². The van der Waals surface area contributed by atoms with Gasteiger partial charge in [-0.3, -0.25) is 4.79 Å². The summed E-state index contributed by atoms with van der Waals surface area (Å²) in [5.41, 5.74) is 0.259. The van der Waals surface area contributed by atoms with Gasteiger partial charge in [-0.15, -0.1) is 0 Å². The smallest absolute Gasteiger partial charge is 0.365 e. The SMILES string of the molecule is CN(C)C(=O)C1CCC(CCc2ncnc(N3CCCC3c3ccc(C(F)(F)F)cc3)c2F)O1. The van der Waals surface area contributed by atoms with Crippen LogP contribution in [-0.4, -0.2) is 53.6 Å². The highest BCUT2D eigenvalue weighted by Gasteiger charge is 2.34. The van der Waals surface area contributed by atoms with Crippen LogP contribution in [0.5, 0.6) is 0 Å². The van der Waals surface area contributed by atoms with Crippen LogP contribution >= 0.6 is 0 Å². The van der Waals surface area contributed by atoms with E-state index in [1.54, 1.807) is 19.0 Å². The molecule has 184 valence electrons. The number of carbonyl (C=O) groups is 1. The molecule has 1 amide bonds. The van der Waals surface area contributed by atoms with Gasteiger partial charge in [0.15, 0.2) is 11.6 Å². The molecular formula is C24H28F4N4O2. The number of benzene rings is 1. The summed E-state index contributed by atoms with van der Waals surface area (Å²) in [7, 11) is 3.38. The number of alkyl halides is 3. The van der Waals surface area contributed by atoms with E-state index in [9.17, 15) is 18.0 Å². The Morgan fingerprint density at radius 3 is 2.56 bits per heavy atom. The van der Waals surface area contributed by atoms with E-state index in [1.165, 1.54) is 23.4 Å². The summed E-state index contributed by atoms with van der Waals surface area (Å²) in [6.07, 6.45) is 0.0455. The number of aromatic nitrogens is 2. The fourth-order valence-electron chi connectivity index (χ4n) is 4.72. The number of rotatable bonds is 6. The van der Waals surface area contributed by atoms with Crippen LogP contribution in [0.2, 0.25) is 0 Å². The molecule has 6 nitrogen and oxygen atoms in total. The average Bonchev–Trinajstić information content (AvgIpc) is 3.47. The van der Waals surface area contributed by atoms with Crippen molar-refractivity contribution < 1.29 is 27.1 Å². The lowest BCUT2D eigenvalue weighted by Crippen LogP contribution is -2.33. The Morgan fingerprint density at radius 2 is 1.88 bits per heavy atom. The molecule has 34 heavy (non-hydrogen) atoms. The lowest BCUT2D eigenvalue weighted by atomic mass is 10.0. The van der Waals surface area contributed by atoms with Crippen molar-refractivity contribution in [2.24, 2.45) is 0 Å². The highest BCUT2D eigenvalue weighted by atomic mass is 19.4. The summed E-state index contributed by atoms with van der Waals surface area (Å²) in [5.74, 6) is -0.415. The van der Waals surface area contributed by atoms with Crippen molar-refractivity contribution in [3.8, 4) is 0 Å². The zero-order valence-corrected chi connectivity index (χ0v) is 19.2. The number of hydrogen-bond acceptors (Lipinski definition) is 5. The van der Waals surface area contributed by atoms with E-state index in [2.05, 4.69) is 9.97 Å². The molecule has 2 aliphatic rings. The van der Waals surface area contributed by atoms with Gasteiger partial charge in [0.1, 0.15) is 12.4 Å². The van der Waals surface area contributed by atoms with Crippen LogP contribution in [0, 0.1) is 5.82 Å². The minimum absolute atomic E-state index is 0.0682. The van der Waals surface area contributed by atoms with E-state index >= 15 is 4.39 Å². The van der Waals surface area contributed by atoms with Crippen LogP contribution in [-0.2, 0) is 22.1 Å². The second kappa shape index (κ2) is 9.85. The topological polar surface area (TPSA) is 58.6 Å². The Labute approximate surface area is 195 Å². The molecule has 1 aromatic heterocycles. The van der Waals surface area contributed by atoms with E-state index in [-0.39, 0.29) is 29.6 Å². The molecule has 2 aromatic rings. The Hall–Kier alpha value is -2.75. The first-order valence-electron chi connectivity index (χ1n) is 11.4.